The van der Waals surface area contributed by atoms with Crippen molar-refractivity contribution in [3.8, 4) is 22.6 Å². The van der Waals surface area contributed by atoms with E-state index in [1.54, 1.807) is 0 Å². The van der Waals surface area contributed by atoms with Crippen molar-refractivity contribution in [2.24, 2.45) is 5.73 Å². The lowest BCUT2D eigenvalue weighted by molar-refractivity contribution is 0.217. The van der Waals surface area contributed by atoms with E-state index in [1.165, 1.54) is 16.7 Å². The lowest BCUT2D eigenvalue weighted by Gasteiger charge is -2.19. The highest BCUT2D eigenvalue weighted by Gasteiger charge is 2.15. The molecule has 4 aromatic carbocycles. The van der Waals surface area contributed by atoms with Crippen molar-refractivity contribution in [1.29, 1.82) is 0 Å². The van der Waals surface area contributed by atoms with E-state index in [0.29, 0.717) is 35.6 Å². The van der Waals surface area contributed by atoms with Crippen molar-refractivity contribution in [2.75, 3.05) is 25.5 Å². The van der Waals surface area contributed by atoms with Gasteiger partial charge in [-0.1, -0.05) is 71.7 Å². The number of benzene rings is 4. The first kappa shape index (κ1) is 26.9. The quantitative estimate of drug-likeness (QED) is 0.162. The van der Waals surface area contributed by atoms with Crippen LogP contribution in [0.25, 0.3) is 11.1 Å². The van der Waals surface area contributed by atoms with Crippen LogP contribution in [-0.4, -0.2) is 19.8 Å². The van der Waals surface area contributed by atoms with E-state index in [4.69, 9.17) is 44.1 Å². The van der Waals surface area contributed by atoms with E-state index in [9.17, 15) is 0 Å². The van der Waals surface area contributed by atoms with Gasteiger partial charge in [0, 0.05) is 17.2 Å². The van der Waals surface area contributed by atoms with E-state index >= 15 is 0 Å². The van der Waals surface area contributed by atoms with Crippen LogP contribution in [0, 0.1) is 13.8 Å². The minimum atomic E-state index is 0.214. The molecule has 0 aliphatic heterocycles. The van der Waals surface area contributed by atoms with Crippen LogP contribution in [0.15, 0.2) is 78.9 Å². The van der Waals surface area contributed by atoms with E-state index in [-0.39, 0.29) is 5.92 Å². The number of nitrogens with two attached hydrogens (primary N) is 2. The Morgan fingerprint density at radius 1 is 0.811 bits per heavy atom. The van der Waals surface area contributed by atoms with Gasteiger partial charge in [0.1, 0.15) is 19.0 Å². The molecule has 4 N–H and O–H groups in total. The number of rotatable bonds is 10. The lowest BCUT2D eigenvalue weighted by atomic mass is 9.87. The standard InChI is InChI=1S/C31H32Cl2N2O2/c1-20-15-28(32)31(29(33)16-20)37-14-13-36-25-10-7-22(8-11-25)18-24(19-34)26-12-9-23(17-21(26)2)27-5-3-4-6-30(27)35/h3-12,15-17,24H,13-14,18-19,34-35H2,1-2H3. The predicted molar refractivity (Wildman–Crippen MR) is 155 cm³/mol. The van der Waals surface area contributed by atoms with Crippen molar-refractivity contribution >= 4 is 28.9 Å². The number of halogens is 2. The molecule has 4 rings (SSSR count). The number of aryl methyl sites for hydroxylation is 2. The van der Waals surface area contributed by atoms with Crippen LogP contribution >= 0.6 is 23.2 Å². The summed E-state index contributed by atoms with van der Waals surface area (Å²) in [5.41, 5.74) is 20.0. The number of ether oxygens (including phenoxy) is 2. The first-order valence-corrected chi connectivity index (χ1v) is 13.1. The summed E-state index contributed by atoms with van der Waals surface area (Å²) in [5.74, 6) is 1.47. The molecule has 0 aromatic heterocycles. The largest absolute Gasteiger partial charge is 0.490 e. The molecule has 0 bridgehead atoms. The first-order chi connectivity index (χ1) is 17.9. The molecule has 0 saturated heterocycles. The number of para-hydroxylation sites is 1. The molecule has 0 fully saturated rings. The summed E-state index contributed by atoms with van der Waals surface area (Å²) >= 11 is 12.5. The highest BCUT2D eigenvalue weighted by molar-refractivity contribution is 6.37. The summed E-state index contributed by atoms with van der Waals surface area (Å²) in [6.07, 6.45) is 0.845. The summed E-state index contributed by atoms with van der Waals surface area (Å²) in [6.45, 7) is 5.35. The molecule has 1 atom stereocenters. The van der Waals surface area contributed by atoms with Crippen molar-refractivity contribution in [3.05, 3.63) is 111 Å². The minimum absolute atomic E-state index is 0.214. The van der Waals surface area contributed by atoms with Crippen LogP contribution in [0.5, 0.6) is 11.5 Å². The molecule has 0 radical (unpaired) electrons. The Labute approximate surface area is 229 Å². The Hall–Kier alpha value is -3.18. The molecule has 0 saturated carbocycles. The Kier molecular flexibility index (Phi) is 8.99. The molecule has 37 heavy (non-hydrogen) atoms. The molecule has 4 aromatic rings. The van der Waals surface area contributed by atoms with Gasteiger partial charge >= 0.3 is 0 Å². The van der Waals surface area contributed by atoms with E-state index in [2.05, 4.69) is 37.3 Å². The highest BCUT2D eigenvalue weighted by Crippen LogP contribution is 2.34. The maximum Gasteiger partial charge on any atom is 0.156 e. The van der Waals surface area contributed by atoms with Crippen molar-refractivity contribution in [1.82, 2.24) is 0 Å². The van der Waals surface area contributed by atoms with E-state index in [0.717, 1.165) is 34.5 Å². The zero-order chi connectivity index (χ0) is 26.4. The average molecular weight is 536 g/mol. The number of anilines is 1. The first-order valence-electron chi connectivity index (χ1n) is 12.3. The molecule has 0 aliphatic carbocycles. The van der Waals surface area contributed by atoms with Gasteiger partial charge in [-0.15, -0.1) is 0 Å². The molecular weight excluding hydrogens is 503 g/mol. The number of hydrogen-bond donors (Lipinski definition) is 2. The topological polar surface area (TPSA) is 70.5 Å². The second kappa shape index (κ2) is 12.4. The summed E-state index contributed by atoms with van der Waals surface area (Å²) in [4.78, 5) is 0. The number of nitrogen functional groups attached to an aromatic ring is 1. The normalized spacial score (nSPS) is 11.8. The summed E-state index contributed by atoms with van der Waals surface area (Å²) in [6, 6.07) is 26.2. The Bertz CT molecular complexity index is 1330. The molecule has 6 heteroatoms. The third kappa shape index (κ3) is 6.78. The van der Waals surface area contributed by atoms with E-state index in [1.807, 2.05) is 55.5 Å². The molecule has 192 valence electrons. The van der Waals surface area contributed by atoms with Gasteiger partial charge < -0.3 is 20.9 Å². The van der Waals surface area contributed by atoms with Crippen LogP contribution in [0.4, 0.5) is 5.69 Å². The molecule has 1 unspecified atom stereocenters. The van der Waals surface area contributed by atoms with Crippen LogP contribution in [0.1, 0.15) is 28.2 Å². The van der Waals surface area contributed by atoms with Crippen molar-refractivity contribution in [2.45, 2.75) is 26.2 Å². The minimum Gasteiger partial charge on any atom is -0.490 e. The van der Waals surface area contributed by atoms with Gasteiger partial charge in [0.2, 0.25) is 0 Å². The van der Waals surface area contributed by atoms with E-state index < -0.39 is 0 Å². The average Bonchev–Trinajstić information content (AvgIpc) is 2.87. The van der Waals surface area contributed by atoms with Crippen LogP contribution in [0.3, 0.4) is 0 Å². The van der Waals surface area contributed by atoms with Crippen LogP contribution in [-0.2, 0) is 6.42 Å². The Morgan fingerprint density at radius 2 is 1.49 bits per heavy atom. The maximum absolute atomic E-state index is 6.23. The van der Waals surface area contributed by atoms with Crippen LogP contribution in [0.2, 0.25) is 10.0 Å². The van der Waals surface area contributed by atoms with Gasteiger partial charge in [-0.2, -0.15) is 0 Å². The predicted octanol–water partition coefficient (Wildman–Crippen LogP) is 7.60. The summed E-state index contributed by atoms with van der Waals surface area (Å²) in [5, 5.41) is 0.996. The van der Waals surface area contributed by atoms with Crippen molar-refractivity contribution in [3.63, 3.8) is 0 Å². The highest BCUT2D eigenvalue weighted by atomic mass is 35.5. The van der Waals surface area contributed by atoms with Gasteiger partial charge in [-0.25, -0.2) is 0 Å². The van der Waals surface area contributed by atoms with Gasteiger partial charge in [0.15, 0.2) is 5.75 Å². The van der Waals surface area contributed by atoms with Gasteiger partial charge in [0.05, 0.1) is 10.0 Å². The van der Waals surface area contributed by atoms with Gasteiger partial charge in [-0.05, 0) is 85.0 Å². The van der Waals surface area contributed by atoms with Gasteiger partial charge in [-0.3, -0.25) is 0 Å². The third-order valence-electron chi connectivity index (χ3n) is 6.41. The Balaban J connectivity index is 1.34. The Morgan fingerprint density at radius 3 is 2.14 bits per heavy atom. The monoisotopic (exact) mass is 534 g/mol. The fourth-order valence-electron chi connectivity index (χ4n) is 4.52. The molecule has 0 aliphatic rings. The molecule has 0 spiro atoms. The summed E-state index contributed by atoms with van der Waals surface area (Å²) in [7, 11) is 0. The summed E-state index contributed by atoms with van der Waals surface area (Å²) < 4.78 is 11.6. The molecular formula is C31H32Cl2N2O2. The second-order valence-corrected chi connectivity index (χ2v) is 10.0. The zero-order valence-corrected chi connectivity index (χ0v) is 22.7. The fraction of sp³-hybridized carbons (Fsp3) is 0.226. The van der Waals surface area contributed by atoms with Gasteiger partial charge in [0.25, 0.3) is 0 Å². The SMILES string of the molecule is Cc1cc(Cl)c(OCCOc2ccc(CC(CN)c3ccc(-c4ccccc4N)cc3C)cc2)c(Cl)c1. The fourth-order valence-corrected chi connectivity index (χ4v) is 5.22. The molecule has 0 amide bonds. The third-order valence-corrected chi connectivity index (χ3v) is 6.97. The van der Waals surface area contributed by atoms with Crippen molar-refractivity contribution < 1.29 is 9.47 Å². The second-order valence-electron chi connectivity index (χ2n) is 9.19. The molecule has 4 nitrogen and oxygen atoms in total. The molecule has 0 heterocycles. The maximum atomic E-state index is 6.23. The number of hydrogen-bond acceptors (Lipinski definition) is 4. The smallest absolute Gasteiger partial charge is 0.156 e. The zero-order valence-electron chi connectivity index (χ0n) is 21.1. The lowest BCUT2D eigenvalue weighted by Crippen LogP contribution is -2.16. The van der Waals surface area contributed by atoms with Crippen LogP contribution < -0.4 is 20.9 Å².